The highest BCUT2D eigenvalue weighted by Gasteiger charge is 2.03. The molecular formula is C9H17NO3. The zero-order chi connectivity index (χ0) is 10.1. The van der Waals surface area contributed by atoms with E-state index in [2.05, 4.69) is 5.32 Å². The maximum Gasteiger partial charge on any atom is 0.407 e. The Hall–Kier alpha value is -1.06. The van der Waals surface area contributed by atoms with Crippen LogP contribution < -0.4 is 5.32 Å². The molecule has 13 heavy (non-hydrogen) atoms. The number of alkyl carbamates (subject to hydrolysis) is 1. The number of amides is 1. The zero-order valence-electron chi connectivity index (χ0n) is 8.26. The molecule has 1 amide bonds. The van der Waals surface area contributed by atoms with Crippen molar-refractivity contribution in [2.45, 2.75) is 33.1 Å². The van der Waals surface area contributed by atoms with Crippen LogP contribution in [0.4, 0.5) is 4.79 Å². The Morgan fingerprint density at radius 2 is 2.00 bits per heavy atom. The summed E-state index contributed by atoms with van der Waals surface area (Å²) >= 11 is 0. The lowest BCUT2D eigenvalue weighted by atomic mass is 10.3. The predicted molar refractivity (Wildman–Crippen MR) is 49.6 cm³/mol. The van der Waals surface area contributed by atoms with Gasteiger partial charge in [-0.3, -0.25) is 4.79 Å². The minimum atomic E-state index is -0.504. The Balaban J connectivity index is 3.35. The van der Waals surface area contributed by atoms with Gasteiger partial charge in [0, 0.05) is 6.42 Å². The SMILES string of the molecule is CCCCOC(=O)NCC(=O)CC. The van der Waals surface area contributed by atoms with Crippen molar-refractivity contribution in [2.75, 3.05) is 13.2 Å². The highest BCUT2D eigenvalue weighted by Crippen LogP contribution is 1.88. The number of ketones is 1. The van der Waals surface area contributed by atoms with Crippen molar-refractivity contribution in [1.82, 2.24) is 5.32 Å². The van der Waals surface area contributed by atoms with Gasteiger partial charge in [0.2, 0.25) is 0 Å². The van der Waals surface area contributed by atoms with Gasteiger partial charge in [-0.05, 0) is 6.42 Å². The van der Waals surface area contributed by atoms with Gasteiger partial charge in [-0.15, -0.1) is 0 Å². The van der Waals surface area contributed by atoms with E-state index in [-0.39, 0.29) is 12.3 Å². The Morgan fingerprint density at radius 1 is 1.31 bits per heavy atom. The summed E-state index contributed by atoms with van der Waals surface area (Å²) in [6.07, 6.45) is 1.78. The van der Waals surface area contributed by atoms with Crippen molar-refractivity contribution in [3.05, 3.63) is 0 Å². The minimum Gasteiger partial charge on any atom is -0.450 e. The van der Waals surface area contributed by atoms with Gasteiger partial charge in [0.15, 0.2) is 5.78 Å². The Kier molecular flexibility index (Phi) is 6.96. The highest BCUT2D eigenvalue weighted by atomic mass is 16.5. The number of nitrogens with one attached hydrogen (secondary N) is 1. The second kappa shape index (κ2) is 7.58. The maximum absolute atomic E-state index is 10.9. The summed E-state index contributed by atoms with van der Waals surface area (Å²) in [6, 6.07) is 0. The van der Waals surface area contributed by atoms with Crippen molar-refractivity contribution < 1.29 is 14.3 Å². The van der Waals surface area contributed by atoms with E-state index in [1.807, 2.05) is 6.92 Å². The van der Waals surface area contributed by atoms with E-state index in [4.69, 9.17) is 4.74 Å². The van der Waals surface area contributed by atoms with Crippen LogP contribution in [0.2, 0.25) is 0 Å². The average Bonchev–Trinajstić information content (AvgIpc) is 2.14. The van der Waals surface area contributed by atoms with Crippen LogP contribution in [0.1, 0.15) is 33.1 Å². The molecular weight excluding hydrogens is 170 g/mol. The molecule has 0 aromatic carbocycles. The number of carbonyl (C=O) groups is 2. The van der Waals surface area contributed by atoms with Gasteiger partial charge in [-0.2, -0.15) is 0 Å². The van der Waals surface area contributed by atoms with Gasteiger partial charge >= 0.3 is 6.09 Å². The molecule has 0 saturated heterocycles. The number of unbranched alkanes of at least 4 members (excludes halogenated alkanes) is 1. The quantitative estimate of drug-likeness (QED) is 0.641. The number of hydrogen-bond donors (Lipinski definition) is 1. The van der Waals surface area contributed by atoms with Crippen LogP contribution in [0.25, 0.3) is 0 Å². The molecule has 4 heteroatoms. The number of hydrogen-bond acceptors (Lipinski definition) is 3. The molecule has 0 aromatic rings. The zero-order valence-corrected chi connectivity index (χ0v) is 8.26. The molecule has 4 nitrogen and oxygen atoms in total. The number of rotatable bonds is 6. The standard InChI is InChI=1S/C9H17NO3/c1-3-5-6-13-9(12)10-7-8(11)4-2/h3-7H2,1-2H3,(H,10,12). The summed E-state index contributed by atoms with van der Waals surface area (Å²) in [4.78, 5) is 21.6. The second-order valence-corrected chi connectivity index (χ2v) is 2.74. The first-order valence-corrected chi connectivity index (χ1v) is 4.63. The first kappa shape index (κ1) is 11.9. The fraction of sp³-hybridized carbons (Fsp3) is 0.778. The molecule has 0 aliphatic carbocycles. The van der Waals surface area contributed by atoms with Gasteiger partial charge in [-0.25, -0.2) is 4.79 Å². The van der Waals surface area contributed by atoms with Crippen LogP contribution in [0.3, 0.4) is 0 Å². The van der Waals surface area contributed by atoms with E-state index in [0.717, 1.165) is 12.8 Å². The predicted octanol–water partition coefficient (Wildman–Crippen LogP) is 1.49. The van der Waals surface area contributed by atoms with Crippen molar-refractivity contribution >= 4 is 11.9 Å². The summed E-state index contributed by atoms with van der Waals surface area (Å²) in [5.74, 6) is 0.00689. The summed E-state index contributed by atoms with van der Waals surface area (Å²) in [7, 11) is 0. The summed E-state index contributed by atoms with van der Waals surface area (Å²) in [5.41, 5.74) is 0. The molecule has 0 spiro atoms. The van der Waals surface area contributed by atoms with Crippen LogP contribution in [0, 0.1) is 0 Å². The van der Waals surface area contributed by atoms with Gasteiger partial charge in [-0.1, -0.05) is 20.3 Å². The first-order valence-electron chi connectivity index (χ1n) is 4.63. The van der Waals surface area contributed by atoms with E-state index in [1.54, 1.807) is 6.92 Å². The van der Waals surface area contributed by atoms with Gasteiger partial charge in [0.1, 0.15) is 0 Å². The van der Waals surface area contributed by atoms with Crippen LogP contribution in [-0.2, 0) is 9.53 Å². The smallest absolute Gasteiger partial charge is 0.407 e. The molecule has 0 bridgehead atoms. The van der Waals surface area contributed by atoms with E-state index < -0.39 is 6.09 Å². The third-order valence-corrected chi connectivity index (χ3v) is 1.56. The summed E-state index contributed by atoms with van der Waals surface area (Å²) in [6.45, 7) is 4.26. The Labute approximate surface area is 78.6 Å². The Morgan fingerprint density at radius 3 is 2.54 bits per heavy atom. The van der Waals surface area contributed by atoms with Crippen LogP contribution in [0.15, 0.2) is 0 Å². The Bertz CT molecular complexity index is 168. The third kappa shape index (κ3) is 7.31. The van der Waals surface area contributed by atoms with Gasteiger partial charge in [0.05, 0.1) is 13.2 Å². The third-order valence-electron chi connectivity index (χ3n) is 1.56. The lowest BCUT2D eigenvalue weighted by molar-refractivity contribution is -0.117. The molecule has 0 aromatic heterocycles. The van der Waals surface area contributed by atoms with Crippen molar-refractivity contribution in [1.29, 1.82) is 0 Å². The molecule has 0 radical (unpaired) electrons. The fourth-order valence-electron chi connectivity index (χ4n) is 0.656. The van der Waals surface area contributed by atoms with Crippen LogP contribution in [-0.4, -0.2) is 25.0 Å². The van der Waals surface area contributed by atoms with Crippen LogP contribution in [0.5, 0.6) is 0 Å². The minimum absolute atomic E-state index is 0.00689. The fourth-order valence-corrected chi connectivity index (χ4v) is 0.656. The lowest BCUT2D eigenvalue weighted by Crippen LogP contribution is -2.29. The van der Waals surface area contributed by atoms with Gasteiger partial charge < -0.3 is 10.1 Å². The molecule has 76 valence electrons. The molecule has 0 saturated carbocycles. The number of Topliss-reactive ketones (excluding diaryl/α,β-unsaturated/α-hetero) is 1. The highest BCUT2D eigenvalue weighted by molar-refractivity contribution is 5.83. The normalized spacial score (nSPS) is 9.38. The van der Waals surface area contributed by atoms with E-state index in [0.29, 0.717) is 13.0 Å². The molecule has 0 fully saturated rings. The monoisotopic (exact) mass is 187 g/mol. The molecule has 1 N–H and O–H groups in total. The number of carbonyl (C=O) groups excluding carboxylic acids is 2. The molecule has 0 aliphatic rings. The van der Waals surface area contributed by atoms with E-state index in [1.165, 1.54) is 0 Å². The van der Waals surface area contributed by atoms with Crippen molar-refractivity contribution in [2.24, 2.45) is 0 Å². The first-order chi connectivity index (χ1) is 6.20. The lowest BCUT2D eigenvalue weighted by Gasteiger charge is -2.04. The molecule has 0 atom stereocenters. The second-order valence-electron chi connectivity index (χ2n) is 2.74. The molecule has 0 heterocycles. The van der Waals surface area contributed by atoms with Crippen molar-refractivity contribution in [3.63, 3.8) is 0 Å². The van der Waals surface area contributed by atoms with Crippen LogP contribution >= 0.6 is 0 Å². The largest absolute Gasteiger partial charge is 0.450 e. The van der Waals surface area contributed by atoms with Gasteiger partial charge in [0.25, 0.3) is 0 Å². The molecule has 0 rings (SSSR count). The van der Waals surface area contributed by atoms with Crippen molar-refractivity contribution in [3.8, 4) is 0 Å². The topological polar surface area (TPSA) is 55.4 Å². The van der Waals surface area contributed by atoms with E-state index >= 15 is 0 Å². The van der Waals surface area contributed by atoms with E-state index in [9.17, 15) is 9.59 Å². The average molecular weight is 187 g/mol. The number of ether oxygens (including phenoxy) is 1. The summed E-state index contributed by atoms with van der Waals surface area (Å²) in [5, 5.41) is 2.38. The molecule has 0 aliphatic heterocycles. The maximum atomic E-state index is 10.9. The molecule has 0 unspecified atom stereocenters. The summed E-state index contributed by atoms with van der Waals surface area (Å²) < 4.78 is 4.78.